The Hall–Kier alpha value is -2.63. The topological polar surface area (TPSA) is 83.6 Å². The number of piperidine rings is 1. The maximum absolute atomic E-state index is 12.5. The van der Waals surface area contributed by atoms with E-state index in [9.17, 15) is 14.7 Å². The average molecular weight is 384 g/mol. The second kappa shape index (κ2) is 8.17. The summed E-state index contributed by atoms with van der Waals surface area (Å²) < 4.78 is 5.50. The number of carbonyl (C=O) groups is 2. The summed E-state index contributed by atoms with van der Waals surface area (Å²) in [6.07, 6.45) is 1.87. The van der Waals surface area contributed by atoms with Crippen molar-refractivity contribution in [3.63, 3.8) is 0 Å². The van der Waals surface area contributed by atoms with Gasteiger partial charge in [-0.2, -0.15) is 0 Å². The van der Waals surface area contributed by atoms with Gasteiger partial charge in [0.15, 0.2) is 0 Å². The Morgan fingerprint density at radius 2 is 2.07 bits per heavy atom. The van der Waals surface area contributed by atoms with Crippen LogP contribution >= 0.6 is 0 Å². The van der Waals surface area contributed by atoms with E-state index in [1.807, 2.05) is 51.1 Å². The first kappa shape index (κ1) is 20.1. The lowest BCUT2D eigenvalue weighted by atomic mass is 9.76. The molecule has 0 bridgehead atoms. The van der Waals surface area contributed by atoms with Crippen molar-refractivity contribution in [2.24, 2.45) is 11.3 Å². The Balaban J connectivity index is 1.81. The van der Waals surface area contributed by atoms with Crippen molar-refractivity contribution in [3.05, 3.63) is 41.7 Å². The minimum Gasteiger partial charge on any atom is -0.481 e. The third kappa shape index (κ3) is 4.26. The van der Waals surface area contributed by atoms with Crippen molar-refractivity contribution >= 4 is 11.9 Å². The van der Waals surface area contributed by atoms with Gasteiger partial charge in [-0.3, -0.25) is 9.59 Å². The van der Waals surface area contributed by atoms with Crippen LogP contribution in [0.5, 0.6) is 0 Å². The Labute approximate surface area is 165 Å². The second-order valence-electron chi connectivity index (χ2n) is 8.27. The number of amides is 1. The lowest BCUT2D eigenvalue weighted by Gasteiger charge is -2.39. The van der Waals surface area contributed by atoms with Gasteiger partial charge in [0.2, 0.25) is 5.91 Å². The van der Waals surface area contributed by atoms with Gasteiger partial charge in [0.05, 0.1) is 5.41 Å². The highest BCUT2D eigenvalue weighted by Gasteiger charge is 2.44. The zero-order valence-electron chi connectivity index (χ0n) is 16.8. The van der Waals surface area contributed by atoms with Crippen molar-refractivity contribution in [1.82, 2.24) is 10.1 Å². The SMILES string of the molecule is Cc1ccccc1-c1cc(CC2(C(=O)O)CCCN(C(=O)CC(C)C)C2)on1. The van der Waals surface area contributed by atoms with Crippen LogP contribution in [0.4, 0.5) is 0 Å². The molecule has 6 nitrogen and oxygen atoms in total. The standard InChI is InChI=1S/C22H28N2O4/c1-15(2)11-20(25)24-10-6-9-22(14-24,21(26)27)13-17-12-19(23-28-17)18-8-5-4-7-16(18)3/h4-5,7-8,12,15H,6,9-11,13-14H2,1-3H3,(H,26,27). The Kier molecular flexibility index (Phi) is 5.87. The maximum Gasteiger partial charge on any atom is 0.311 e. The predicted octanol–water partition coefficient (Wildman–Crippen LogP) is 3.93. The fourth-order valence-electron chi connectivity index (χ4n) is 3.93. The molecule has 1 saturated heterocycles. The first-order valence-electron chi connectivity index (χ1n) is 9.83. The lowest BCUT2D eigenvalue weighted by Crippen LogP contribution is -2.51. The van der Waals surface area contributed by atoms with Gasteiger partial charge < -0.3 is 14.5 Å². The third-order valence-electron chi connectivity index (χ3n) is 5.46. The van der Waals surface area contributed by atoms with Crippen molar-refractivity contribution in [2.45, 2.75) is 46.5 Å². The van der Waals surface area contributed by atoms with E-state index < -0.39 is 11.4 Å². The minimum absolute atomic E-state index is 0.0264. The van der Waals surface area contributed by atoms with Gasteiger partial charge >= 0.3 is 5.97 Å². The highest BCUT2D eigenvalue weighted by molar-refractivity contribution is 5.80. The largest absolute Gasteiger partial charge is 0.481 e. The summed E-state index contributed by atoms with van der Waals surface area (Å²) in [6.45, 7) is 6.82. The van der Waals surface area contributed by atoms with Gasteiger partial charge in [0.25, 0.3) is 0 Å². The zero-order valence-corrected chi connectivity index (χ0v) is 16.8. The molecule has 1 aliphatic rings. The zero-order chi connectivity index (χ0) is 20.3. The van der Waals surface area contributed by atoms with Crippen molar-refractivity contribution in [3.8, 4) is 11.3 Å². The summed E-state index contributed by atoms with van der Waals surface area (Å²) in [5.41, 5.74) is 1.72. The van der Waals surface area contributed by atoms with Crippen LogP contribution in [-0.2, 0) is 16.0 Å². The predicted molar refractivity (Wildman–Crippen MR) is 106 cm³/mol. The molecule has 0 aliphatic carbocycles. The van der Waals surface area contributed by atoms with Crippen molar-refractivity contribution < 1.29 is 19.2 Å². The number of aromatic nitrogens is 1. The number of aliphatic carboxylic acids is 1. The Bertz CT molecular complexity index is 858. The van der Waals surface area contributed by atoms with Gasteiger partial charge in [-0.25, -0.2) is 0 Å². The molecule has 1 unspecified atom stereocenters. The number of carboxylic acid groups (broad SMARTS) is 1. The molecule has 1 aliphatic heterocycles. The molecule has 6 heteroatoms. The monoisotopic (exact) mass is 384 g/mol. The summed E-state index contributed by atoms with van der Waals surface area (Å²) in [6, 6.07) is 9.69. The molecule has 1 aromatic carbocycles. The van der Waals surface area contributed by atoms with E-state index >= 15 is 0 Å². The van der Waals surface area contributed by atoms with Gasteiger partial charge in [0, 0.05) is 37.6 Å². The molecular weight excluding hydrogens is 356 g/mol. The first-order valence-corrected chi connectivity index (χ1v) is 9.83. The first-order chi connectivity index (χ1) is 13.3. The van der Waals surface area contributed by atoms with E-state index in [1.165, 1.54) is 0 Å². The molecule has 150 valence electrons. The molecule has 1 atom stereocenters. The molecule has 1 aromatic heterocycles. The van der Waals surface area contributed by atoms with Gasteiger partial charge in [-0.05, 0) is 31.2 Å². The number of likely N-dealkylation sites (tertiary alicyclic amines) is 1. The quantitative estimate of drug-likeness (QED) is 0.816. The van der Waals surface area contributed by atoms with Crippen LogP contribution in [-0.4, -0.2) is 40.1 Å². The van der Waals surface area contributed by atoms with E-state index in [4.69, 9.17) is 4.52 Å². The van der Waals surface area contributed by atoms with Crippen LogP contribution in [0.15, 0.2) is 34.9 Å². The Morgan fingerprint density at radius 1 is 1.32 bits per heavy atom. The number of aryl methyl sites for hydroxylation is 1. The summed E-state index contributed by atoms with van der Waals surface area (Å²) in [7, 11) is 0. The molecule has 28 heavy (non-hydrogen) atoms. The van der Waals surface area contributed by atoms with E-state index in [0.29, 0.717) is 37.3 Å². The number of hydrogen-bond acceptors (Lipinski definition) is 4. The molecule has 3 rings (SSSR count). The molecule has 1 N–H and O–H groups in total. The Morgan fingerprint density at radius 3 is 2.75 bits per heavy atom. The van der Waals surface area contributed by atoms with Crippen LogP contribution in [0, 0.1) is 18.3 Å². The van der Waals surface area contributed by atoms with Crippen LogP contribution in [0.1, 0.15) is 44.4 Å². The highest BCUT2D eigenvalue weighted by Crippen LogP contribution is 2.36. The fraction of sp³-hybridized carbons (Fsp3) is 0.500. The van der Waals surface area contributed by atoms with Crippen LogP contribution in [0.25, 0.3) is 11.3 Å². The van der Waals surface area contributed by atoms with E-state index in [0.717, 1.165) is 11.1 Å². The van der Waals surface area contributed by atoms with Gasteiger partial charge in [-0.15, -0.1) is 0 Å². The summed E-state index contributed by atoms with van der Waals surface area (Å²) in [4.78, 5) is 26.4. The van der Waals surface area contributed by atoms with E-state index in [2.05, 4.69) is 5.16 Å². The molecule has 0 spiro atoms. The van der Waals surface area contributed by atoms with Gasteiger partial charge in [-0.1, -0.05) is 43.3 Å². The number of hydrogen-bond donors (Lipinski definition) is 1. The number of carboxylic acids is 1. The summed E-state index contributed by atoms with van der Waals surface area (Å²) >= 11 is 0. The molecule has 2 aromatic rings. The van der Waals surface area contributed by atoms with Crippen LogP contribution in [0.3, 0.4) is 0 Å². The fourth-order valence-corrected chi connectivity index (χ4v) is 3.93. The molecule has 1 fully saturated rings. The smallest absolute Gasteiger partial charge is 0.311 e. The number of benzene rings is 1. The number of nitrogens with zero attached hydrogens (tertiary/aromatic N) is 2. The lowest BCUT2D eigenvalue weighted by molar-refractivity contribution is -0.155. The van der Waals surface area contributed by atoms with E-state index in [-0.39, 0.29) is 24.8 Å². The summed E-state index contributed by atoms with van der Waals surface area (Å²) in [5, 5.41) is 14.1. The summed E-state index contributed by atoms with van der Waals surface area (Å²) in [5.74, 6) is -0.0692. The molecule has 2 heterocycles. The minimum atomic E-state index is -1.03. The second-order valence-corrected chi connectivity index (χ2v) is 8.27. The third-order valence-corrected chi connectivity index (χ3v) is 5.46. The van der Waals surface area contributed by atoms with E-state index in [1.54, 1.807) is 4.90 Å². The normalized spacial score (nSPS) is 19.8. The molecule has 0 saturated carbocycles. The molecular formula is C22H28N2O4. The molecule has 1 amide bonds. The van der Waals surface area contributed by atoms with Crippen molar-refractivity contribution in [1.29, 1.82) is 0 Å². The average Bonchev–Trinajstić information content (AvgIpc) is 3.09. The number of rotatable bonds is 6. The van der Waals surface area contributed by atoms with Crippen LogP contribution < -0.4 is 0 Å². The van der Waals surface area contributed by atoms with Crippen LogP contribution in [0.2, 0.25) is 0 Å². The van der Waals surface area contributed by atoms with Gasteiger partial charge in [0.1, 0.15) is 11.5 Å². The molecule has 0 radical (unpaired) electrons. The maximum atomic E-state index is 12.5. The van der Waals surface area contributed by atoms with Crippen molar-refractivity contribution in [2.75, 3.05) is 13.1 Å². The number of carbonyl (C=O) groups excluding carboxylic acids is 1. The highest BCUT2D eigenvalue weighted by atomic mass is 16.5.